The number of hydrogen-bond donors (Lipinski definition) is 2. The highest BCUT2D eigenvalue weighted by atomic mass is 16.4. The number of carboxylic acids is 1. The van der Waals surface area contributed by atoms with Crippen molar-refractivity contribution >= 4 is 12.0 Å². The van der Waals surface area contributed by atoms with Crippen molar-refractivity contribution in [3.05, 3.63) is 30.1 Å². The van der Waals surface area contributed by atoms with Crippen LogP contribution < -0.4 is 5.32 Å². The van der Waals surface area contributed by atoms with E-state index in [0.717, 1.165) is 5.56 Å². The Labute approximate surface area is 106 Å². The highest BCUT2D eigenvalue weighted by Crippen LogP contribution is 2.03. The molecular weight excluding hydrogens is 234 g/mol. The maximum Gasteiger partial charge on any atom is 0.325 e. The van der Waals surface area contributed by atoms with Crippen molar-refractivity contribution in [3.8, 4) is 0 Å². The second-order valence-corrected chi connectivity index (χ2v) is 3.88. The molecule has 6 nitrogen and oxygen atoms in total. The Bertz CT molecular complexity index is 408. The van der Waals surface area contributed by atoms with Crippen LogP contribution in [0.15, 0.2) is 24.5 Å². The van der Waals surface area contributed by atoms with E-state index in [2.05, 4.69) is 10.3 Å². The highest BCUT2D eigenvalue weighted by molar-refractivity contribution is 5.82. The first-order chi connectivity index (χ1) is 8.54. The van der Waals surface area contributed by atoms with Crippen LogP contribution in [0.3, 0.4) is 0 Å². The van der Waals surface area contributed by atoms with Crippen molar-refractivity contribution in [1.82, 2.24) is 15.2 Å². The number of nitrogens with zero attached hydrogens (tertiary/aromatic N) is 2. The van der Waals surface area contributed by atoms with E-state index in [1.165, 1.54) is 11.8 Å². The van der Waals surface area contributed by atoms with Gasteiger partial charge in [0.15, 0.2) is 0 Å². The van der Waals surface area contributed by atoms with Gasteiger partial charge in [-0.15, -0.1) is 0 Å². The summed E-state index contributed by atoms with van der Waals surface area (Å²) in [4.78, 5) is 27.9. The van der Waals surface area contributed by atoms with Crippen molar-refractivity contribution < 1.29 is 14.7 Å². The largest absolute Gasteiger partial charge is 0.480 e. The first kappa shape index (κ1) is 14.0. The summed E-state index contributed by atoms with van der Waals surface area (Å²) < 4.78 is 0. The van der Waals surface area contributed by atoms with E-state index in [1.54, 1.807) is 12.4 Å². The molecule has 0 aliphatic heterocycles. The van der Waals surface area contributed by atoms with Crippen LogP contribution in [0.1, 0.15) is 19.4 Å². The predicted molar refractivity (Wildman–Crippen MR) is 66.0 cm³/mol. The number of nitrogens with one attached hydrogen (secondary N) is 1. The van der Waals surface area contributed by atoms with Gasteiger partial charge < -0.3 is 15.3 Å². The molecule has 0 radical (unpaired) electrons. The van der Waals surface area contributed by atoms with Crippen molar-refractivity contribution in [2.24, 2.45) is 0 Å². The minimum absolute atomic E-state index is 0.385. The van der Waals surface area contributed by atoms with E-state index in [1.807, 2.05) is 19.1 Å². The fourth-order valence-corrected chi connectivity index (χ4v) is 1.37. The second-order valence-electron chi connectivity index (χ2n) is 3.88. The Morgan fingerprint density at radius 2 is 2.06 bits per heavy atom. The summed E-state index contributed by atoms with van der Waals surface area (Å²) in [6, 6.07) is 2.35. The molecule has 98 valence electrons. The number of amides is 2. The smallest absolute Gasteiger partial charge is 0.325 e. The molecule has 1 heterocycles. The number of pyridine rings is 1. The molecule has 0 aliphatic rings. The average molecular weight is 251 g/mol. The Morgan fingerprint density at radius 1 is 1.44 bits per heavy atom. The zero-order chi connectivity index (χ0) is 13.5. The van der Waals surface area contributed by atoms with Gasteiger partial charge in [-0.3, -0.25) is 9.78 Å². The molecule has 1 atom stereocenters. The molecule has 2 N–H and O–H groups in total. The molecule has 0 unspecified atom stereocenters. The van der Waals surface area contributed by atoms with Crippen LogP contribution in [0.4, 0.5) is 4.79 Å². The number of rotatable bonds is 5. The molecule has 0 bridgehead atoms. The van der Waals surface area contributed by atoms with Gasteiger partial charge in [-0.05, 0) is 31.5 Å². The van der Waals surface area contributed by atoms with Crippen LogP contribution in [0.2, 0.25) is 0 Å². The minimum atomic E-state index is -1.05. The van der Waals surface area contributed by atoms with Gasteiger partial charge in [0.25, 0.3) is 0 Å². The van der Waals surface area contributed by atoms with E-state index in [0.29, 0.717) is 13.1 Å². The lowest BCUT2D eigenvalue weighted by Crippen LogP contribution is -2.46. The second kappa shape index (κ2) is 6.58. The fourth-order valence-electron chi connectivity index (χ4n) is 1.37. The lowest BCUT2D eigenvalue weighted by molar-refractivity contribution is -0.138. The number of carbonyl (C=O) groups is 2. The monoisotopic (exact) mass is 251 g/mol. The third kappa shape index (κ3) is 4.04. The van der Waals surface area contributed by atoms with E-state index in [-0.39, 0.29) is 6.03 Å². The van der Waals surface area contributed by atoms with Gasteiger partial charge in [0.1, 0.15) is 6.04 Å². The zero-order valence-electron chi connectivity index (χ0n) is 10.5. The number of aromatic nitrogens is 1. The van der Waals surface area contributed by atoms with Crippen LogP contribution in [-0.2, 0) is 11.3 Å². The highest BCUT2D eigenvalue weighted by Gasteiger charge is 2.18. The standard InChI is InChI=1S/C12H17N3O3/c1-3-15(8-10-4-6-13-7-5-10)12(18)14-9(2)11(16)17/h4-7,9H,3,8H2,1-2H3,(H,14,18)(H,16,17)/t9-/m1/s1. The van der Waals surface area contributed by atoms with Gasteiger partial charge in [0, 0.05) is 25.5 Å². The van der Waals surface area contributed by atoms with Crippen molar-refractivity contribution in [1.29, 1.82) is 0 Å². The SMILES string of the molecule is CCN(Cc1ccncc1)C(=O)N[C@H](C)C(=O)O. The third-order valence-corrected chi connectivity index (χ3v) is 2.50. The molecule has 6 heteroatoms. The van der Waals surface area contributed by atoms with Gasteiger partial charge >= 0.3 is 12.0 Å². The maximum absolute atomic E-state index is 11.8. The third-order valence-electron chi connectivity index (χ3n) is 2.50. The summed E-state index contributed by atoms with van der Waals surface area (Å²) in [7, 11) is 0. The first-order valence-electron chi connectivity index (χ1n) is 5.71. The molecule has 0 saturated carbocycles. The lowest BCUT2D eigenvalue weighted by Gasteiger charge is -2.22. The molecule has 18 heavy (non-hydrogen) atoms. The maximum atomic E-state index is 11.8. The summed E-state index contributed by atoms with van der Waals surface area (Å²) in [5.41, 5.74) is 0.949. The lowest BCUT2D eigenvalue weighted by atomic mass is 10.2. The Morgan fingerprint density at radius 3 is 2.56 bits per heavy atom. The molecule has 0 spiro atoms. The van der Waals surface area contributed by atoms with Gasteiger partial charge in [-0.1, -0.05) is 0 Å². The van der Waals surface area contributed by atoms with Crippen molar-refractivity contribution in [2.75, 3.05) is 6.54 Å². The van der Waals surface area contributed by atoms with Crippen LogP contribution in [0, 0.1) is 0 Å². The molecule has 0 saturated heterocycles. The summed E-state index contributed by atoms with van der Waals surface area (Å²) in [6.45, 7) is 4.20. The molecular formula is C12H17N3O3. The molecule has 1 rings (SSSR count). The first-order valence-corrected chi connectivity index (χ1v) is 5.71. The molecule has 0 fully saturated rings. The van der Waals surface area contributed by atoms with Crippen LogP contribution >= 0.6 is 0 Å². The summed E-state index contributed by atoms with van der Waals surface area (Å²) in [6.07, 6.45) is 3.31. The topological polar surface area (TPSA) is 82.5 Å². The van der Waals surface area contributed by atoms with Crippen LogP contribution in [-0.4, -0.2) is 39.6 Å². The quantitative estimate of drug-likeness (QED) is 0.820. The summed E-state index contributed by atoms with van der Waals surface area (Å²) in [5.74, 6) is -1.05. The van der Waals surface area contributed by atoms with Crippen molar-refractivity contribution in [2.45, 2.75) is 26.4 Å². The van der Waals surface area contributed by atoms with Crippen LogP contribution in [0.25, 0.3) is 0 Å². The minimum Gasteiger partial charge on any atom is -0.480 e. The molecule has 1 aromatic heterocycles. The number of urea groups is 1. The number of carbonyl (C=O) groups excluding carboxylic acids is 1. The average Bonchev–Trinajstić information content (AvgIpc) is 2.36. The fraction of sp³-hybridized carbons (Fsp3) is 0.417. The van der Waals surface area contributed by atoms with E-state index in [4.69, 9.17) is 5.11 Å². The Hall–Kier alpha value is -2.11. The normalized spacial score (nSPS) is 11.7. The Kier molecular flexibility index (Phi) is 5.10. The Balaban J connectivity index is 2.61. The van der Waals surface area contributed by atoms with Gasteiger partial charge in [0.2, 0.25) is 0 Å². The number of hydrogen-bond acceptors (Lipinski definition) is 3. The van der Waals surface area contributed by atoms with Crippen LogP contribution in [0.5, 0.6) is 0 Å². The molecule has 2 amide bonds. The van der Waals surface area contributed by atoms with E-state index in [9.17, 15) is 9.59 Å². The zero-order valence-corrected chi connectivity index (χ0v) is 10.5. The van der Waals surface area contributed by atoms with E-state index < -0.39 is 12.0 Å². The summed E-state index contributed by atoms with van der Waals surface area (Å²) >= 11 is 0. The molecule has 0 aromatic carbocycles. The van der Waals surface area contributed by atoms with Crippen molar-refractivity contribution in [3.63, 3.8) is 0 Å². The van der Waals surface area contributed by atoms with Gasteiger partial charge in [-0.25, -0.2) is 4.79 Å². The van der Waals surface area contributed by atoms with E-state index >= 15 is 0 Å². The number of aliphatic carboxylic acids is 1. The number of carboxylic acid groups (broad SMARTS) is 1. The molecule has 0 aliphatic carbocycles. The predicted octanol–water partition coefficient (Wildman–Crippen LogP) is 1.09. The van der Waals surface area contributed by atoms with Gasteiger partial charge in [-0.2, -0.15) is 0 Å². The molecule has 1 aromatic rings. The van der Waals surface area contributed by atoms with Gasteiger partial charge in [0.05, 0.1) is 0 Å². The summed E-state index contributed by atoms with van der Waals surface area (Å²) in [5, 5.41) is 11.2.